The summed E-state index contributed by atoms with van der Waals surface area (Å²) in [5, 5.41) is 9.76. The van der Waals surface area contributed by atoms with Gasteiger partial charge in [0.25, 0.3) is 11.8 Å². The molecule has 0 saturated carbocycles. The molecule has 1 atom stereocenters. The summed E-state index contributed by atoms with van der Waals surface area (Å²) in [5.41, 5.74) is 1.93. The van der Waals surface area contributed by atoms with Gasteiger partial charge in [0.2, 0.25) is 0 Å². The van der Waals surface area contributed by atoms with E-state index in [2.05, 4.69) is 0 Å². The van der Waals surface area contributed by atoms with Crippen molar-refractivity contribution in [3.63, 3.8) is 0 Å². The maximum absolute atomic E-state index is 13.0. The molecule has 0 aliphatic carbocycles. The number of aromatic hydroxyl groups is 1. The number of fused-ring (bicyclic) bond motifs is 1. The van der Waals surface area contributed by atoms with Gasteiger partial charge in [-0.1, -0.05) is 54.6 Å². The number of nitrogens with zero attached hydrogens (tertiary/aromatic N) is 1. The average molecular weight is 401 g/mol. The average Bonchev–Trinajstić information content (AvgIpc) is 3.02. The summed E-state index contributed by atoms with van der Waals surface area (Å²) in [7, 11) is 0. The minimum atomic E-state index is -1.15. The van der Waals surface area contributed by atoms with E-state index in [9.17, 15) is 19.5 Å². The van der Waals surface area contributed by atoms with Crippen LogP contribution in [0.2, 0.25) is 0 Å². The van der Waals surface area contributed by atoms with Crippen molar-refractivity contribution in [1.29, 1.82) is 0 Å². The van der Waals surface area contributed by atoms with Gasteiger partial charge in [0.15, 0.2) is 0 Å². The number of phenols is 1. The molecule has 1 aliphatic rings. The summed E-state index contributed by atoms with van der Waals surface area (Å²) in [4.78, 5) is 39.8. The minimum absolute atomic E-state index is 0.0272. The van der Waals surface area contributed by atoms with Gasteiger partial charge in [-0.05, 0) is 35.4 Å². The molecule has 6 heteroatoms. The van der Waals surface area contributed by atoms with Crippen molar-refractivity contribution < 1.29 is 24.2 Å². The first-order chi connectivity index (χ1) is 14.5. The molecule has 1 heterocycles. The van der Waals surface area contributed by atoms with Gasteiger partial charge in [-0.15, -0.1) is 0 Å². The third kappa shape index (κ3) is 3.80. The largest absolute Gasteiger partial charge is 0.508 e. The van der Waals surface area contributed by atoms with Crippen LogP contribution in [0.1, 0.15) is 31.8 Å². The molecule has 30 heavy (non-hydrogen) atoms. The Morgan fingerprint density at radius 3 is 2.07 bits per heavy atom. The van der Waals surface area contributed by atoms with Gasteiger partial charge in [-0.3, -0.25) is 14.5 Å². The van der Waals surface area contributed by atoms with Crippen molar-refractivity contribution in [2.75, 3.05) is 0 Å². The van der Waals surface area contributed by atoms with Crippen LogP contribution in [-0.4, -0.2) is 33.8 Å². The molecule has 3 aromatic carbocycles. The Labute approximate surface area is 173 Å². The van der Waals surface area contributed by atoms with Gasteiger partial charge in [0.1, 0.15) is 18.4 Å². The standard InChI is InChI=1S/C24H19NO5/c26-18-10-6-9-17(13-18)14-21(24(29)30-15-16-7-2-1-3-8-16)25-22(27)19-11-4-5-12-20(19)23(25)28/h1-13,21,26H,14-15H2/t21-/m0/s1. The Balaban J connectivity index is 1.63. The SMILES string of the molecule is O=C(OCc1ccccc1)[C@H](Cc1cccc(O)c1)N1C(=O)c2ccccc2C1=O. The maximum Gasteiger partial charge on any atom is 0.330 e. The third-order valence-electron chi connectivity index (χ3n) is 4.97. The van der Waals surface area contributed by atoms with Crippen LogP contribution in [-0.2, 0) is 22.6 Å². The number of hydrogen-bond acceptors (Lipinski definition) is 5. The minimum Gasteiger partial charge on any atom is -0.508 e. The number of amides is 2. The second kappa shape index (κ2) is 8.21. The molecule has 0 spiro atoms. The van der Waals surface area contributed by atoms with Crippen LogP contribution in [0.5, 0.6) is 5.75 Å². The van der Waals surface area contributed by atoms with E-state index in [1.54, 1.807) is 36.4 Å². The number of phenolic OH excluding ortho intramolecular Hbond substituents is 1. The van der Waals surface area contributed by atoms with Crippen molar-refractivity contribution in [1.82, 2.24) is 4.90 Å². The second-order valence-electron chi connectivity index (χ2n) is 7.01. The predicted molar refractivity (Wildman–Crippen MR) is 109 cm³/mol. The molecule has 1 N–H and O–H groups in total. The van der Waals surface area contributed by atoms with Crippen LogP contribution in [0.3, 0.4) is 0 Å². The summed E-state index contributed by atoms with van der Waals surface area (Å²) in [6.07, 6.45) is 0.0352. The van der Waals surface area contributed by atoms with E-state index in [0.717, 1.165) is 10.5 Å². The smallest absolute Gasteiger partial charge is 0.330 e. The lowest BCUT2D eigenvalue weighted by Crippen LogP contribution is -2.47. The topological polar surface area (TPSA) is 83.9 Å². The van der Waals surface area contributed by atoms with E-state index >= 15 is 0 Å². The van der Waals surface area contributed by atoms with Crippen LogP contribution in [0, 0.1) is 0 Å². The summed E-state index contributed by atoms with van der Waals surface area (Å²) in [6.45, 7) is 0.0272. The molecule has 0 aromatic heterocycles. The molecule has 4 rings (SSSR count). The molecule has 3 aromatic rings. The summed E-state index contributed by atoms with van der Waals surface area (Å²) in [6, 6.07) is 20.8. The molecule has 0 saturated heterocycles. The number of hydrogen-bond donors (Lipinski definition) is 1. The molecule has 6 nitrogen and oxygen atoms in total. The number of rotatable bonds is 6. The quantitative estimate of drug-likeness (QED) is 0.506. The Kier molecular flexibility index (Phi) is 5.30. The normalized spacial score (nSPS) is 13.8. The highest BCUT2D eigenvalue weighted by Crippen LogP contribution is 2.27. The van der Waals surface area contributed by atoms with Gasteiger partial charge in [0, 0.05) is 6.42 Å². The number of ether oxygens (including phenoxy) is 1. The number of benzene rings is 3. The van der Waals surface area contributed by atoms with Crippen LogP contribution in [0.15, 0.2) is 78.9 Å². The lowest BCUT2D eigenvalue weighted by atomic mass is 10.0. The van der Waals surface area contributed by atoms with Crippen molar-refractivity contribution >= 4 is 17.8 Å². The highest BCUT2D eigenvalue weighted by Gasteiger charge is 2.43. The van der Waals surface area contributed by atoms with Crippen molar-refractivity contribution in [2.24, 2.45) is 0 Å². The van der Waals surface area contributed by atoms with Crippen LogP contribution in [0.4, 0.5) is 0 Å². The van der Waals surface area contributed by atoms with E-state index in [-0.39, 0.29) is 29.9 Å². The number of esters is 1. The predicted octanol–water partition coefficient (Wildman–Crippen LogP) is 3.34. The molecule has 0 radical (unpaired) electrons. The van der Waals surface area contributed by atoms with E-state index in [4.69, 9.17) is 4.74 Å². The first-order valence-electron chi connectivity index (χ1n) is 9.50. The highest BCUT2D eigenvalue weighted by atomic mass is 16.5. The van der Waals surface area contributed by atoms with Crippen LogP contribution in [0.25, 0.3) is 0 Å². The van der Waals surface area contributed by atoms with Crippen LogP contribution >= 0.6 is 0 Å². The number of carbonyl (C=O) groups is 3. The zero-order valence-corrected chi connectivity index (χ0v) is 16.0. The Hall–Kier alpha value is -3.93. The molecular weight excluding hydrogens is 382 g/mol. The Bertz CT molecular complexity index is 1070. The van der Waals surface area contributed by atoms with E-state index in [1.165, 1.54) is 12.1 Å². The fraction of sp³-hybridized carbons (Fsp3) is 0.125. The van der Waals surface area contributed by atoms with E-state index < -0.39 is 23.8 Å². The van der Waals surface area contributed by atoms with Gasteiger partial charge in [-0.25, -0.2) is 4.79 Å². The molecule has 0 unspecified atom stereocenters. The molecule has 0 fully saturated rings. The van der Waals surface area contributed by atoms with Gasteiger partial charge in [-0.2, -0.15) is 0 Å². The molecule has 150 valence electrons. The second-order valence-corrected chi connectivity index (χ2v) is 7.01. The zero-order chi connectivity index (χ0) is 21.1. The van der Waals surface area contributed by atoms with Crippen molar-refractivity contribution in [2.45, 2.75) is 19.1 Å². The summed E-state index contributed by atoms with van der Waals surface area (Å²) < 4.78 is 5.45. The van der Waals surface area contributed by atoms with Gasteiger partial charge < -0.3 is 9.84 Å². The first-order valence-corrected chi connectivity index (χ1v) is 9.50. The zero-order valence-electron chi connectivity index (χ0n) is 16.0. The number of imide groups is 1. The van der Waals surface area contributed by atoms with Crippen molar-refractivity contribution in [3.8, 4) is 5.75 Å². The van der Waals surface area contributed by atoms with E-state index in [0.29, 0.717) is 5.56 Å². The van der Waals surface area contributed by atoms with E-state index in [1.807, 2.05) is 30.3 Å². The summed E-state index contributed by atoms with van der Waals surface area (Å²) >= 11 is 0. The lowest BCUT2D eigenvalue weighted by molar-refractivity contribution is -0.149. The Morgan fingerprint density at radius 2 is 1.43 bits per heavy atom. The molecular formula is C24H19NO5. The lowest BCUT2D eigenvalue weighted by Gasteiger charge is -2.25. The monoisotopic (exact) mass is 401 g/mol. The van der Waals surface area contributed by atoms with Gasteiger partial charge in [0.05, 0.1) is 11.1 Å². The van der Waals surface area contributed by atoms with Gasteiger partial charge >= 0.3 is 5.97 Å². The molecule has 1 aliphatic heterocycles. The number of carbonyl (C=O) groups excluding carboxylic acids is 3. The molecule has 2 amide bonds. The first kappa shape index (κ1) is 19.4. The maximum atomic E-state index is 13.0. The Morgan fingerprint density at radius 1 is 0.833 bits per heavy atom. The molecule has 0 bridgehead atoms. The summed E-state index contributed by atoms with van der Waals surface area (Å²) in [5.74, 6) is -1.71. The highest BCUT2D eigenvalue weighted by molar-refractivity contribution is 6.22. The fourth-order valence-electron chi connectivity index (χ4n) is 3.50. The third-order valence-corrected chi connectivity index (χ3v) is 4.97. The van der Waals surface area contributed by atoms with Crippen molar-refractivity contribution in [3.05, 3.63) is 101 Å². The van der Waals surface area contributed by atoms with Crippen LogP contribution < -0.4 is 0 Å². The fourth-order valence-corrected chi connectivity index (χ4v) is 3.50.